The van der Waals surface area contributed by atoms with Gasteiger partial charge in [0.2, 0.25) is 0 Å². The zero-order chi connectivity index (χ0) is 13.9. The summed E-state index contributed by atoms with van der Waals surface area (Å²) in [6, 6.07) is 5.33. The van der Waals surface area contributed by atoms with Gasteiger partial charge in [0.15, 0.2) is 0 Å². The average Bonchev–Trinajstić information content (AvgIpc) is 2.67. The van der Waals surface area contributed by atoms with Gasteiger partial charge in [0.05, 0.1) is 0 Å². The van der Waals surface area contributed by atoms with Gasteiger partial charge in [-0.15, -0.1) is 0 Å². The fourth-order valence-electron chi connectivity index (χ4n) is 3.97. The van der Waals surface area contributed by atoms with Crippen molar-refractivity contribution < 1.29 is 9.90 Å². The molecule has 2 aliphatic heterocycles. The molecule has 1 aromatic heterocycles. The summed E-state index contributed by atoms with van der Waals surface area (Å²) < 4.78 is 0. The first kappa shape index (κ1) is 13.6. The van der Waals surface area contributed by atoms with Gasteiger partial charge in [-0.05, 0) is 49.7 Å². The maximum Gasteiger partial charge on any atom is 0.303 e. The van der Waals surface area contributed by atoms with Crippen LogP contribution in [0.5, 0.6) is 0 Å². The summed E-state index contributed by atoms with van der Waals surface area (Å²) in [5, 5.41) is 8.96. The molecule has 2 saturated heterocycles. The molecule has 0 aromatic carbocycles. The molecule has 0 saturated carbocycles. The first-order valence-corrected chi connectivity index (χ1v) is 7.59. The summed E-state index contributed by atoms with van der Waals surface area (Å²) in [6.07, 6.45) is 9.77. The summed E-state index contributed by atoms with van der Waals surface area (Å²) in [5.74, 6) is -0.252. The van der Waals surface area contributed by atoms with Gasteiger partial charge in [0.1, 0.15) is 0 Å². The number of rotatable bonds is 5. The summed E-state index contributed by atoms with van der Waals surface area (Å²) in [5.41, 5.74) is 1.29. The van der Waals surface area contributed by atoms with Crippen molar-refractivity contribution in [1.82, 2.24) is 9.88 Å². The van der Waals surface area contributed by atoms with Crippen LogP contribution in [-0.4, -0.2) is 39.6 Å². The number of hydrogen-bond donors (Lipinski definition) is 1. The molecule has 2 fully saturated rings. The predicted octanol–water partition coefficient (Wildman–Crippen LogP) is 2.34. The molecule has 2 unspecified atom stereocenters. The second-order valence-corrected chi connectivity index (χ2v) is 6.17. The Morgan fingerprint density at radius 2 is 2.10 bits per heavy atom. The Balaban J connectivity index is 1.56. The second kappa shape index (κ2) is 5.92. The lowest BCUT2D eigenvalue weighted by molar-refractivity contribution is -0.138. The van der Waals surface area contributed by atoms with E-state index >= 15 is 0 Å². The van der Waals surface area contributed by atoms with Crippen LogP contribution in [0, 0.1) is 5.92 Å². The lowest BCUT2D eigenvalue weighted by Crippen LogP contribution is -2.44. The molecule has 3 rings (SSSR count). The van der Waals surface area contributed by atoms with Gasteiger partial charge in [-0.1, -0.05) is 6.07 Å². The van der Waals surface area contributed by atoms with E-state index in [0.29, 0.717) is 24.4 Å². The molecule has 2 atom stereocenters. The molecule has 4 nitrogen and oxygen atoms in total. The molecule has 3 heterocycles. The maximum absolute atomic E-state index is 10.9. The van der Waals surface area contributed by atoms with Gasteiger partial charge in [0.25, 0.3) is 0 Å². The van der Waals surface area contributed by atoms with Crippen LogP contribution in [0.2, 0.25) is 0 Å². The number of hydrogen-bond acceptors (Lipinski definition) is 3. The maximum atomic E-state index is 10.9. The van der Waals surface area contributed by atoms with E-state index < -0.39 is 5.97 Å². The third-order valence-corrected chi connectivity index (χ3v) is 4.83. The molecule has 2 bridgehead atoms. The Morgan fingerprint density at radius 1 is 1.35 bits per heavy atom. The number of fused-ring (bicyclic) bond motifs is 2. The fourth-order valence-corrected chi connectivity index (χ4v) is 3.97. The van der Waals surface area contributed by atoms with E-state index in [4.69, 9.17) is 5.11 Å². The van der Waals surface area contributed by atoms with E-state index in [0.717, 1.165) is 25.8 Å². The minimum Gasteiger partial charge on any atom is -0.481 e. The van der Waals surface area contributed by atoms with Crippen molar-refractivity contribution in [3.05, 3.63) is 30.1 Å². The molecule has 1 N–H and O–H groups in total. The van der Waals surface area contributed by atoms with Crippen molar-refractivity contribution in [3.8, 4) is 0 Å². The van der Waals surface area contributed by atoms with Crippen LogP contribution in [0.1, 0.15) is 37.7 Å². The lowest BCUT2D eigenvalue weighted by Gasteiger charge is -2.38. The topological polar surface area (TPSA) is 53.4 Å². The number of nitrogens with zero attached hydrogens (tertiary/aromatic N) is 2. The first-order valence-electron chi connectivity index (χ1n) is 7.59. The number of aromatic nitrogens is 1. The Bertz CT molecular complexity index is 449. The molecule has 20 heavy (non-hydrogen) atoms. The van der Waals surface area contributed by atoms with Crippen molar-refractivity contribution in [3.63, 3.8) is 0 Å². The first-order chi connectivity index (χ1) is 9.72. The lowest BCUT2D eigenvalue weighted by atomic mass is 9.88. The van der Waals surface area contributed by atoms with Gasteiger partial charge in [-0.25, -0.2) is 0 Å². The van der Waals surface area contributed by atoms with Crippen molar-refractivity contribution in [1.29, 1.82) is 0 Å². The van der Waals surface area contributed by atoms with Crippen molar-refractivity contribution in [2.75, 3.05) is 6.54 Å². The molecule has 0 amide bonds. The standard InChI is InChI=1S/C16H22N2O2/c19-16(20)10-13-8-14-3-4-15(9-13)18(14)7-5-12-2-1-6-17-11-12/h1-2,6,11,13-15H,3-5,7-10H2,(H,19,20). The van der Waals surface area contributed by atoms with Crippen LogP contribution in [0.25, 0.3) is 0 Å². The molecule has 0 radical (unpaired) electrons. The van der Waals surface area contributed by atoms with Crippen molar-refractivity contribution in [2.24, 2.45) is 5.92 Å². The van der Waals surface area contributed by atoms with Gasteiger partial charge in [-0.3, -0.25) is 14.7 Å². The zero-order valence-corrected chi connectivity index (χ0v) is 11.7. The highest BCUT2D eigenvalue weighted by molar-refractivity contribution is 5.67. The highest BCUT2D eigenvalue weighted by atomic mass is 16.4. The minimum atomic E-state index is -0.641. The molecule has 108 valence electrons. The van der Waals surface area contributed by atoms with Crippen LogP contribution in [-0.2, 0) is 11.2 Å². The summed E-state index contributed by atoms with van der Waals surface area (Å²) in [6.45, 7) is 1.08. The summed E-state index contributed by atoms with van der Waals surface area (Å²) in [4.78, 5) is 17.7. The van der Waals surface area contributed by atoms with Crippen molar-refractivity contribution in [2.45, 2.75) is 50.6 Å². The predicted molar refractivity (Wildman–Crippen MR) is 76.4 cm³/mol. The normalized spacial score (nSPS) is 29.5. The third kappa shape index (κ3) is 3.01. The van der Waals surface area contributed by atoms with E-state index in [1.165, 1.54) is 18.4 Å². The van der Waals surface area contributed by atoms with Crippen LogP contribution < -0.4 is 0 Å². The number of piperidine rings is 1. The number of pyridine rings is 1. The Hall–Kier alpha value is -1.42. The van der Waals surface area contributed by atoms with E-state index in [-0.39, 0.29) is 0 Å². The SMILES string of the molecule is O=C(O)CC1CC2CCC(C1)N2CCc1cccnc1. The number of carboxylic acid groups (broad SMARTS) is 1. The molecular weight excluding hydrogens is 252 g/mol. The van der Waals surface area contributed by atoms with Crippen LogP contribution in [0.15, 0.2) is 24.5 Å². The quantitative estimate of drug-likeness (QED) is 0.895. The summed E-state index contributed by atoms with van der Waals surface area (Å²) >= 11 is 0. The molecule has 0 spiro atoms. The Morgan fingerprint density at radius 3 is 2.70 bits per heavy atom. The number of aliphatic carboxylic acids is 1. The van der Waals surface area contributed by atoms with Crippen molar-refractivity contribution >= 4 is 5.97 Å². The average molecular weight is 274 g/mol. The van der Waals surface area contributed by atoms with Crippen LogP contribution >= 0.6 is 0 Å². The minimum absolute atomic E-state index is 0.351. The fraction of sp³-hybridized carbons (Fsp3) is 0.625. The largest absolute Gasteiger partial charge is 0.481 e. The third-order valence-electron chi connectivity index (χ3n) is 4.83. The monoisotopic (exact) mass is 274 g/mol. The molecule has 0 aliphatic carbocycles. The molecule has 2 aliphatic rings. The van der Waals surface area contributed by atoms with Crippen LogP contribution in [0.3, 0.4) is 0 Å². The van der Waals surface area contributed by atoms with Crippen LogP contribution in [0.4, 0.5) is 0 Å². The van der Waals surface area contributed by atoms with E-state index in [9.17, 15) is 4.79 Å². The molecule has 4 heteroatoms. The number of carbonyl (C=O) groups is 1. The van der Waals surface area contributed by atoms with Gasteiger partial charge >= 0.3 is 5.97 Å². The highest BCUT2D eigenvalue weighted by Crippen LogP contribution is 2.39. The van der Waals surface area contributed by atoms with Gasteiger partial charge in [0, 0.05) is 37.4 Å². The number of carboxylic acids is 1. The summed E-state index contributed by atoms with van der Waals surface area (Å²) in [7, 11) is 0. The Kier molecular flexibility index (Phi) is 4.01. The smallest absolute Gasteiger partial charge is 0.303 e. The zero-order valence-electron chi connectivity index (χ0n) is 11.7. The van der Waals surface area contributed by atoms with E-state index in [2.05, 4.69) is 16.0 Å². The van der Waals surface area contributed by atoms with Gasteiger partial charge in [-0.2, -0.15) is 0 Å². The molecule has 1 aromatic rings. The van der Waals surface area contributed by atoms with Gasteiger partial charge < -0.3 is 5.11 Å². The highest BCUT2D eigenvalue weighted by Gasteiger charge is 2.40. The Labute approximate surface area is 119 Å². The molecular formula is C16H22N2O2. The van der Waals surface area contributed by atoms with E-state index in [1.807, 2.05) is 18.5 Å². The second-order valence-electron chi connectivity index (χ2n) is 6.17. The van der Waals surface area contributed by atoms with E-state index in [1.54, 1.807) is 0 Å².